The van der Waals surface area contributed by atoms with Crippen LogP contribution in [-0.2, 0) is 20.0 Å². The number of ketones is 1. The zero-order valence-electron chi connectivity index (χ0n) is 14.3. The van der Waals surface area contributed by atoms with Crippen LogP contribution in [0.4, 0.5) is 0 Å². The molecule has 0 atom stereocenters. The van der Waals surface area contributed by atoms with Gasteiger partial charge in [-0.05, 0) is 19.1 Å². The van der Waals surface area contributed by atoms with E-state index >= 15 is 0 Å². The minimum atomic E-state index is -3.69. The summed E-state index contributed by atoms with van der Waals surface area (Å²) in [5.41, 5.74) is 0.347. The van der Waals surface area contributed by atoms with E-state index in [4.69, 9.17) is 0 Å². The van der Waals surface area contributed by atoms with E-state index < -0.39 is 20.0 Å². The summed E-state index contributed by atoms with van der Waals surface area (Å²) < 4.78 is 51.5. The Morgan fingerprint density at radius 2 is 1.76 bits per heavy atom. The highest BCUT2D eigenvalue weighted by Gasteiger charge is 2.23. The minimum absolute atomic E-state index is 0.0575. The Kier molecular flexibility index (Phi) is 6.33. The molecule has 0 saturated carbocycles. The Labute approximate surface area is 148 Å². The highest BCUT2D eigenvalue weighted by molar-refractivity contribution is 7.89. The van der Waals surface area contributed by atoms with Crippen molar-refractivity contribution in [3.63, 3.8) is 0 Å². The molecule has 1 saturated heterocycles. The number of nitrogens with one attached hydrogen (secondary N) is 1. The third-order valence-corrected chi connectivity index (χ3v) is 6.83. The molecule has 0 aliphatic carbocycles. The highest BCUT2D eigenvalue weighted by Crippen LogP contribution is 2.12. The van der Waals surface area contributed by atoms with Crippen molar-refractivity contribution in [2.24, 2.45) is 0 Å². The van der Waals surface area contributed by atoms with Crippen LogP contribution in [0.15, 0.2) is 29.2 Å². The van der Waals surface area contributed by atoms with Crippen LogP contribution < -0.4 is 4.72 Å². The van der Waals surface area contributed by atoms with Crippen LogP contribution >= 0.6 is 0 Å². The maximum absolute atomic E-state index is 12.3. The molecular weight excluding hydrogens is 366 g/mol. The van der Waals surface area contributed by atoms with Crippen molar-refractivity contribution in [2.75, 3.05) is 45.5 Å². The van der Waals surface area contributed by atoms with Crippen LogP contribution in [0.5, 0.6) is 0 Å². The van der Waals surface area contributed by atoms with Gasteiger partial charge in [0.15, 0.2) is 5.78 Å². The molecule has 0 aromatic heterocycles. The molecule has 1 fully saturated rings. The number of sulfonamides is 2. The van der Waals surface area contributed by atoms with E-state index in [1.807, 2.05) is 4.90 Å². The molecule has 1 aliphatic rings. The van der Waals surface area contributed by atoms with Crippen molar-refractivity contribution in [3.05, 3.63) is 29.8 Å². The summed E-state index contributed by atoms with van der Waals surface area (Å²) in [7, 11) is -6.86. The number of rotatable bonds is 7. The predicted molar refractivity (Wildman–Crippen MR) is 94.5 cm³/mol. The van der Waals surface area contributed by atoms with Gasteiger partial charge < -0.3 is 0 Å². The van der Waals surface area contributed by atoms with Gasteiger partial charge in [0.1, 0.15) is 0 Å². The van der Waals surface area contributed by atoms with Gasteiger partial charge >= 0.3 is 0 Å². The summed E-state index contributed by atoms with van der Waals surface area (Å²) in [6.07, 6.45) is 1.19. The van der Waals surface area contributed by atoms with E-state index in [1.165, 1.54) is 35.7 Å². The van der Waals surface area contributed by atoms with E-state index in [0.29, 0.717) is 38.3 Å². The van der Waals surface area contributed by atoms with Crippen LogP contribution in [-0.4, -0.2) is 77.3 Å². The van der Waals surface area contributed by atoms with Gasteiger partial charge in [-0.1, -0.05) is 12.1 Å². The lowest BCUT2D eigenvalue weighted by molar-refractivity contribution is 0.101. The van der Waals surface area contributed by atoms with Crippen molar-refractivity contribution < 1.29 is 21.6 Å². The molecule has 1 aromatic rings. The van der Waals surface area contributed by atoms with Gasteiger partial charge in [0.05, 0.1) is 11.2 Å². The van der Waals surface area contributed by atoms with Gasteiger partial charge in [0.25, 0.3) is 0 Å². The average molecular weight is 389 g/mol. The fourth-order valence-electron chi connectivity index (χ4n) is 2.59. The number of hydrogen-bond acceptors (Lipinski definition) is 6. The molecule has 0 amide bonds. The third-order valence-electron chi connectivity index (χ3n) is 4.07. The number of carbonyl (C=O) groups is 1. The molecule has 0 radical (unpaired) electrons. The van der Waals surface area contributed by atoms with Crippen molar-refractivity contribution in [1.29, 1.82) is 0 Å². The second kappa shape index (κ2) is 7.92. The highest BCUT2D eigenvalue weighted by atomic mass is 32.2. The normalized spacial score (nSPS) is 17.5. The molecule has 1 aliphatic heterocycles. The molecule has 25 heavy (non-hydrogen) atoms. The van der Waals surface area contributed by atoms with Gasteiger partial charge in [-0.15, -0.1) is 0 Å². The number of carbonyl (C=O) groups excluding carboxylic acids is 1. The summed E-state index contributed by atoms with van der Waals surface area (Å²) in [6, 6.07) is 5.91. The minimum Gasteiger partial charge on any atom is -0.299 e. The number of hydrogen-bond donors (Lipinski definition) is 1. The van der Waals surface area contributed by atoms with Crippen molar-refractivity contribution >= 4 is 25.8 Å². The second-order valence-electron chi connectivity index (χ2n) is 5.99. The Hall–Kier alpha value is -1.33. The Balaban J connectivity index is 1.87. The number of piperazine rings is 1. The van der Waals surface area contributed by atoms with Crippen LogP contribution in [0.3, 0.4) is 0 Å². The summed E-state index contributed by atoms with van der Waals surface area (Å²) >= 11 is 0. The summed E-state index contributed by atoms with van der Waals surface area (Å²) in [5.74, 6) is -0.194. The van der Waals surface area contributed by atoms with Gasteiger partial charge in [-0.25, -0.2) is 21.6 Å². The Bertz CT molecular complexity index is 828. The van der Waals surface area contributed by atoms with Crippen molar-refractivity contribution in [3.8, 4) is 0 Å². The second-order valence-corrected chi connectivity index (χ2v) is 9.73. The first-order valence-corrected chi connectivity index (χ1v) is 11.2. The number of benzene rings is 1. The average Bonchev–Trinajstić information content (AvgIpc) is 2.54. The third kappa shape index (κ3) is 5.58. The van der Waals surface area contributed by atoms with Crippen LogP contribution in [0.2, 0.25) is 0 Å². The van der Waals surface area contributed by atoms with E-state index in [1.54, 1.807) is 6.07 Å². The first-order valence-electron chi connectivity index (χ1n) is 7.88. The Morgan fingerprint density at radius 1 is 1.12 bits per heavy atom. The van der Waals surface area contributed by atoms with Gasteiger partial charge in [0, 0.05) is 44.8 Å². The molecule has 10 heteroatoms. The largest absolute Gasteiger partial charge is 0.299 e. The predicted octanol–water partition coefficient (Wildman–Crippen LogP) is -0.255. The molecule has 1 N–H and O–H groups in total. The molecule has 0 spiro atoms. The molecule has 140 valence electrons. The Morgan fingerprint density at radius 3 is 2.32 bits per heavy atom. The molecule has 8 nitrogen and oxygen atoms in total. The molecule has 2 rings (SSSR count). The molecule has 0 unspecified atom stereocenters. The topological polar surface area (TPSA) is 104 Å². The van der Waals surface area contributed by atoms with E-state index in [0.717, 1.165) is 0 Å². The first-order chi connectivity index (χ1) is 11.6. The van der Waals surface area contributed by atoms with E-state index in [-0.39, 0.29) is 17.2 Å². The lowest BCUT2D eigenvalue weighted by Crippen LogP contribution is -2.49. The fraction of sp³-hybridized carbons (Fsp3) is 0.533. The van der Waals surface area contributed by atoms with Crippen LogP contribution in [0.25, 0.3) is 0 Å². The zero-order chi connectivity index (χ0) is 18.7. The van der Waals surface area contributed by atoms with E-state index in [2.05, 4.69) is 4.72 Å². The van der Waals surface area contributed by atoms with Gasteiger partial charge in [-0.2, -0.15) is 4.31 Å². The summed E-state index contributed by atoms with van der Waals surface area (Å²) in [6.45, 7) is 4.03. The molecule has 1 heterocycles. The standard InChI is InChI=1S/C15H23N3O5S2/c1-13(19)14-4-3-5-15(12-14)25(22,23)16-6-7-17-8-10-18(11-9-17)24(2,20)21/h3-5,12,16H,6-11H2,1-2H3. The monoisotopic (exact) mass is 389 g/mol. The van der Waals surface area contributed by atoms with Crippen LogP contribution in [0.1, 0.15) is 17.3 Å². The van der Waals surface area contributed by atoms with E-state index in [9.17, 15) is 21.6 Å². The maximum atomic E-state index is 12.3. The van der Waals surface area contributed by atoms with Crippen LogP contribution in [0, 0.1) is 0 Å². The number of Topliss-reactive ketones (excluding diaryl/α,β-unsaturated/α-hetero) is 1. The quantitative estimate of drug-likeness (QED) is 0.645. The molecule has 0 bridgehead atoms. The molecular formula is C15H23N3O5S2. The van der Waals surface area contributed by atoms with Crippen molar-refractivity contribution in [1.82, 2.24) is 13.9 Å². The lowest BCUT2D eigenvalue weighted by Gasteiger charge is -2.33. The summed E-state index contributed by atoms with van der Waals surface area (Å²) in [5, 5.41) is 0. The number of nitrogens with zero attached hydrogens (tertiary/aromatic N) is 2. The maximum Gasteiger partial charge on any atom is 0.240 e. The first kappa shape index (κ1) is 20.0. The SMILES string of the molecule is CC(=O)c1cccc(S(=O)(=O)NCCN2CCN(S(C)(=O)=O)CC2)c1. The summed E-state index contributed by atoms with van der Waals surface area (Å²) in [4.78, 5) is 13.4. The fourth-order valence-corrected chi connectivity index (χ4v) is 4.48. The lowest BCUT2D eigenvalue weighted by atomic mass is 10.2. The zero-order valence-corrected chi connectivity index (χ0v) is 15.9. The van der Waals surface area contributed by atoms with Gasteiger partial charge in [-0.3, -0.25) is 9.69 Å². The smallest absolute Gasteiger partial charge is 0.240 e. The molecule has 1 aromatic carbocycles. The van der Waals surface area contributed by atoms with Crippen molar-refractivity contribution in [2.45, 2.75) is 11.8 Å². The van der Waals surface area contributed by atoms with Gasteiger partial charge in [0.2, 0.25) is 20.0 Å².